The molecule has 0 amide bonds. The average molecular weight is 377 g/mol. The zero-order chi connectivity index (χ0) is 19.3. The Morgan fingerprint density at radius 2 is 1.92 bits per heavy atom. The molecule has 140 valence electrons. The highest BCUT2D eigenvalue weighted by atomic mass is 32.2. The molecule has 0 aliphatic heterocycles. The van der Waals surface area contributed by atoms with Crippen LogP contribution in [-0.4, -0.2) is 35.7 Å². The second kappa shape index (κ2) is 8.37. The van der Waals surface area contributed by atoms with Crippen molar-refractivity contribution in [1.82, 2.24) is 9.29 Å². The Bertz CT molecular complexity index is 883. The van der Waals surface area contributed by atoms with E-state index < -0.39 is 14.9 Å². The predicted octanol–water partition coefficient (Wildman–Crippen LogP) is 3.25. The third kappa shape index (κ3) is 4.44. The Morgan fingerprint density at radius 3 is 2.50 bits per heavy atom. The molecule has 0 aliphatic carbocycles. The number of sulfonamides is 1. The maximum absolute atomic E-state index is 13.2. The largest absolute Gasteiger partial charge is 0.271 e. The maximum Gasteiger partial charge on any atom is 0.271 e. The van der Waals surface area contributed by atoms with Gasteiger partial charge in [-0.05, 0) is 43.5 Å². The zero-order valence-corrected chi connectivity index (χ0v) is 16.0. The highest BCUT2D eigenvalue weighted by Crippen LogP contribution is 2.28. The Hall–Kier alpha value is -2.32. The van der Waals surface area contributed by atoms with Crippen LogP contribution in [0.15, 0.2) is 41.4 Å². The fraction of sp³-hybridized carbons (Fsp3) is 0.389. The molecule has 2 rings (SSSR count). The lowest BCUT2D eigenvalue weighted by Crippen LogP contribution is -2.34. The minimum Gasteiger partial charge on any atom is -0.261 e. The molecule has 8 heteroatoms. The zero-order valence-electron chi connectivity index (χ0n) is 15.2. The van der Waals surface area contributed by atoms with E-state index >= 15 is 0 Å². The molecule has 0 N–H and O–H groups in total. The number of hydrogen-bond donors (Lipinski definition) is 0. The van der Waals surface area contributed by atoms with Crippen LogP contribution in [0, 0.1) is 24.0 Å². The number of benzene rings is 1. The highest BCUT2D eigenvalue weighted by molar-refractivity contribution is 7.89. The van der Waals surface area contributed by atoms with Gasteiger partial charge in [-0.1, -0.05) is 13.0 Å². The number of non-ortho nitro benzene ring substituents is 1. The average Bonchev–Trinajstić information content (AvgIpc) is 2.61. The molecule has 0 fully saturated rings. The minimum atomic E-state index is -3.84. The van der Waals surface area contributed by atoms with Crippen molar-refractivity contribution in [2.24, 2.45) is 0 Å². The van der Waals surface area contributed by atoms with E-state index in [-0.39, 0.29) is 17.1 Å². The molecule has 1 aromatic carbocycles. The number of aryl methyl sites for hydroxylation is 1. The molecule has 26 heavy (non-hydrogen) atoms. The number of nitrogens with zero attached hydrogens (tertiary/aromatic N) is 3. The molecule has 0 aliphatic rings. The normalized spacial score (nSPS) is 11.7. The number of hydrogen-bond acceptors (Lipinski definition) is 5. The molecule has 0 unspecified atom stereocenters. The second-order valence-corrected chi connectivity index (χ2v) is 8.02. The molecule has 0 spiro atoms. The molecule has 0 atom stereocenters. The number of aromatic nitrogens is 1. The van der Waals surface area contributed by atoms with Crippen molar-refractivity contribution >= 4 is 15.7 Å². The summed E-state index contributed by atoms with van der Waals surface area (Å²) in [6, 6.07) is 8.06. The fourth-order valence-electron chi connectivity index (χ4n) is 2.71. The van der Waals surface area contributed by atoms with Crippen LogP contribution in [0.1, 0.15) is 30.2 Å². The van der Waals surface area contributed by atoms with Gasteiger partial charge in [-0.15, -0.1) is 0 Å². The van der Waals surface area contributed by atoms with Gasteiger partial charge in [0.15, 0.2) is 0 Å². The summed E-state index contributed by atoms with van der Waals surface area (Å²) in [5, 5.41) is 11.1. The molecule has 0 radical (unpaired) electrons. The molecule has 0 saturated heterocycles. The van der Waals surface area contributed by atoms with Gasteiger partial charge in [-0.25, -0.2) is 8.42 Å². The molecular weight excluding hydrogens is 354 g/mol. The Labute approximate surface area is 153 Å². The topological polar surface area (TPSA) is 93.4 Å². The van der Waals surface area contributed by atoms with Crippen molar-refractivity contribution < 1.29 is 13.3 Å². The Kier molecular flexibility index (Phi) is 6.44. The fourth-order valence-corrected chi connectivity index (χ4v) is 4.56. The van der Waals surface area contributed by atoms with Crippen molar-refractivity contribution in [2.75, 3.05) is 13.1 Å². The van der Waals surface area contributed by atoms with E-state index in [1.165, 1.54) is 10.4 Å². The van der Waals surface area contributed by atoms with Gasteiger partial charge in [0.1, 0.15) is 0 Å². The Balaban J connectivity index is 2.39. The van der Waals surface area contributed by atoms with E-state index in [4.69, 9.17) is 0 Å². The lowest BCUT2D eigenvalue weighted by Gasteiger charge is -2.23. The van der Waals surface area contributed by atoms with Crippen molar-refractivity contribution in [3.8, 4) is 0 Å². The van der Waals surface area contributed by atoms with E-state index in [2.05, 4.69) is 4.98 Å². The summed E-state index contributed by atoms with van der Waals surface area (Å²) in [6.07, 6.45) is 2.80. The standard InChI is InChI=1S/C18H23N3O4S/c1-4-10-20(11-8-16-7-5-6-9-19-16)26(24,25)18-13-17(21(22)23)12-14(2)15(18)3/h5-7,9,12-13H,4,8,10-11H2,1-3H3. The SMILES string of the molecule is CCCN(CCc1ccccn1)S(=O)(=O)c1cc([N+](=O)[O-])cc(C)c1C. The quantitative estimate of drug-likeness (QED) is 0.520. The van der Waals surface area contributed by atoms with Crippen LogP contribution in [0.25, 0.3) is 0 Å². The molecule has 1 heterocycles. The summed E-state index contributed by atoms with van der Waals surface area (Å²) in [4.78, 5) is 14.8. The van der Waals surface area contributed by atoms with Gasteiger partial charge in [0.05, 0.1) is 9.82 Å². The smallest absolute Gasteiger partial charge is 0.261 e. The van der Waals surface area contributed by atoms with Crippen molar-refractivity contribution in [3.05, 3.63) is 63.5 Å². The van der Waals surface area contributed by atoms with Gasteiger partial charge in [0.25, 0.3) is 5.69 Å². The summed E-state index contributed by atoms with van der Waals surface area (Å²) < 4.78 is 27.7. The number of nitro benzene ring substituents is 1. The molecule has 2 aromatic rings. The minimum absolute atomic E-state index is 0.00123. The summed E-state index contributed by atoms with van der Waals surface area (Å²) in [7, 11) is -3.84. The van der Waals surface area contributed by atoms with E-state index in [1.54, 1.807) is 26.1 Å². The predicted molar refractivity (Wildman–Crippen MR) is 99.6 cm³/mol. The van der Waals surface area contributed by atoms with Crippen LogP contribution in [0.4, 0.5) is 5.69 Å². The van der Waals surface area contributed by atoms with Crippen LogP contribution in [0.2, 0.25) is 0 Å². The van der Waals surface area contributed by atoms with E-state index in [1.807, 2.05) is 19.1 Å². The second-order valence-electron chi connectivity index (χ2n) is 6.12. The first-order valence-corrected chi connectivity index (χ1v) is 9.87. The van der Waals surface area contributed by atoms with Gasteiger partial charge >= 0.3 is 0 Å². The van der Waals surface area contributed by atoms with Gasteiger partial charge in [-0.3, -0.25) is 15.1 Å². The van der Waals surface area contributed by atoms with Gasteiger partial charge < -0.3 is 0 Å². The third-order valence-corrected chi connectivity index (χ3v) is 6.27. The first-order chi connectivity index (χ1) is 12.3. The summed E-state index contributed by atoms with van der Waals surface area (Å²) in [5.74, 6) is 0. The van der Waals surface area contributed by atoms with Gasteiger partial charge in [0, 0.05) is 43.5 Å². The van der Waals surface area contributed by atoms with Crippen molar-refractivity contribution in [2.45, 2.75) is 38.5 Å². The molecule has 0 bridgehead atoms. The monoisotopic (exact) mass is 377 g/mol. The summed E-state index contributed by atoms with van der Waals surface area (Å²) in [5.41, 5.74) is 1.71. The number of pyridine rings is 1. The molecule has 1 aromatic heterocycles. The van der Waals surface area contributed by atoms with E-state index in [0.717, 1.165) is 11.8 Å². The first-order valence-electron chi connectivity index (χ1n) is 8.43. The van der Waals surface area contributed by atoms with Gasteiger partial charge in [-0.2, -0.15) is 4.31 Å². The molecule has 7 nitrogen and oxygen atoms in total. The summed E-state index contributed by atoms with van der Waals surface area (Å²) >= 11 is 0. The highest BCUT2D eigenvalue weighted by Gasteiger charge is 2.28. The lowest BCUT2D eigenvalue weighted by molar-refractivity contribution is -0.385. The van der Waals surface area contributed by atoms with Crippen LogP contribution >= 0.6 is 0 Å². The van der Waals surface area contributed by atoms with Crippen molar-refractivity contribution in [3.63, 3.8) is 0 Å². The maximum atomic E-state index is 13.2. The van der Waals surface area contributed by atoms with Crippen molar-refractivity contribution in [1.29, 1.82) is 0 Å². The van der Waals surface area contributed by atoms with Gasteiger partial charge in [0.2, 0.25) is 10.0 Å². The Morgan fingerprint density at radius 1 is 1.19 bits per heavy atom. The number of nitro groups is 1. The summed E-state index contributed by atoms with van der Waals surface area (Å²) in [6.45, 7) is 5.87. The molecular formula is C18H23N3O4S. The van der Waals surface area contributed by atoms with Crippen LogP contribution < -0.4 is 0 Å². The number of rotatable bonds is 8. The van der Waals surface area contributed by atoms with Crippen LogP contribution in [-0.2, 0) is 16.4 Å². The lowest BCUT2D eigenvalue weighted by atomic mass is 10.1. The first kappa shape index (κ1) is 20.0. The third-order valence-electron chi connectivity index (χ3n) is 4.25. The molecule has 0 saturated carbocycles. The van der Waals surface area contributed by atoms with E-state index in [0.29, 0.717) is 30.5 Å². The van der Waals surface area contributed by atoms with Crippen LogP contribution in [0.3, 0.4) is 0 Å². The van der Waals surface area contributed by atoms with Crippen LogP contribution in [0.5, 0.6) is 0 Å². The van der Waals surface area contributed by atoms with E-state index in [9.17, 15) is 18.5 Å².